The van der Waals surface area contributed by atoms with Gasteiger partial charge in [-0.1, -0.05) is 12.2 Å². The third-order valence-electron chi connectivity index (χ3n) is 4.16. The molecular formula is C12H19NO. The molecule has 4 atom stereocenters. The summed E-state index contributed by atoms with van der Waals surface area (Å²) >= 11 is 0. The highest BCUT2D eigenvalue weighted by Gasteiger charge is 2.37. The van der Waals surface area contributed by atoms with Gasteiger partial charge in [-0.15, -0.1) is 0 Å². The Bertz CT molecular complexity index is 251. The van der Waals surface area contributed by atoms with E-state index in [-0.39, 0.29) is 6.10 Å². The Kier molecular flexibility index (Phi) is 2.14. The lowest BCUT2D eigenvalue weighted by atomic mass is 9.93. The molecule has 1 saturated heterocycles. The van der Waals surface area contributed by atoms with Crippen LogP contribution in [0.25, 0.3) is 0 Å². The van der Waals surface area contributed by atoms with E-state index in [1.165, 1.54) is 19.4 Å². The quantitative estimate of drug-likeness (QED) is 0.667. The number of aliphatic hydroxyl groups is 1. The van der Waals surface area contributed by atoms with Gasteiger partial charge in [-0.25, -0.2) is 0 Å². The molecule has 0 radical (unpaired) electrons. The summed E-state index contributed by atoms with van der Waals surface area (Å²) in [4.78, 5) is 2.45. The summed E-state index contributed by atoms with van der Waals surface area (Å²) in [5, 5.41) is 9.45. The zero-order valence-corrected chi connectivity index (χ0v) is 8.60. The van der Waals surface area contributed by atoms with Crippen LogP contribution in [0.5, 0.6) is 0 Å². The Balaban J connectivity index is 1.56. The zero-order chi connectivity index (χ0) is 9.54. The number of likely N-dealkylation sites (tertiary alicyclic amines) is 1. The number of fused-ring (bicyclic) bond motifs is 2. The first-order valence-electron chi connectivity index (χ1n) is 5.90. The predicted octanol–water partition coefficient (Wildman–Crippen LogP) is 1.27. The highest BCUT2D eigenvalue weighted by Crippen LogP contribution is 2.43. The Labute approximate surface area is 85.6 Å². The van der Waals surface area contributed by atoms with Gasteiger partial charge in [-0.05, 0) is 37.0 Å². The minimum atomic E-state index is -0.0517. The highest BCUT2D eigenvalue weighted by molar-refractivity contribution is 5.10. The van der Waals surface area contributed by atoms with Gasteiger partial charge in [0.15, 0.2) is 0 Å². The number of aliphatic hydroxyl groups excluding tert-OH is 1. The molecule has 2 aliphatic carbocycles. The molecule has 1 aliphatic heterocycles. The molecule has 14 heavy (non-hydrogen) atoms. The first kappa shape index (κ1) is 8.93. The van der Waals surface area contributed by atoms with Crippen molar-refractivity contribution >= 4 is 0 Å². The standard InChI is InChI=1S/C12H19NO/c14-12-3-4-13(8-12)7-11-6-9-1-2-10(11)5-9/h1-2,9-12,14H,3-8H2/t9?,10?,11?,12-/m1/s1. The molecule has 1 N–H and O–H groups in total. The monoisotopic (exact) mass is 193 g/mol. The summed E-state index contributed by atoms with van der Waals surface area (Å²) in [6.45, 7) is 3.25. The molecule has 78 valence electrons. The maximum absolute atomic E-state index is 9.45. The third-order valence-corrected chi connectivity index (χ3v) is 4.16. The van der Waals surface area contributed by atoms with E-state index < -0.39 is 0 Å². The minimum absolute atomic E-state index is 0.0517. The van der Waals surface area contributed by atoms with Gasteiger partial charge in [-0.3, -0.25) is 0 Å². The van der Waals surface area contributed by atoms with Gasteiger partial charge in [-0.2, -0.15) is 0 Å². The van der Waals surface area contributed by atoms with Crippen molar-refractivity contribution < 1.29 is 5.11 Å². The van der Waals surface area contributed by atoms with Crippen LogP contribution in [-0.4, -0.2) is 35.7 Å². The zero-order valence-electron chi connectivity index (χ0n) is 8.60. The normalized spacial score (nSPS) is 46.6. The molecular weight excluding hydrogens is 174 g/mol. The number of hydrogen-bond acceptors (Lipinski definition) is 2. The lowest BCUT2D eigenvalue weighted by Gasteiger charge is -2.24. The molecule has 0 amide bonds. The molecule has 0 aromatic rings. The fourth-order valence-electron chi connectivity index (χ4n) is 3.41. The van der Waals surface area contributed by atoms with Gasteiger partial charge >= 0.3 is 0 Å². The molecule has 2 bridgehead atoms. The van der Waals surface area contributed by atoms with Crippen molar-refractivity contribution in [2.45, 2.75) is 25.4 Å². The van der Waals surface area contributed by atoms with Crippen molar-refractivity contribution in [1.82, 2.24) is 4.90 Å². The number of nitrogens with zero attached hydrogens (tertiary/aromatic N) is 1. The predicted molar refractivity (Wildman–Crippen MR) is 55.9 cm³/mol. The molecule has 0 spiro atoms. The van der Waals surface area contributed by atoms with Gasteiger partial charge in [0.25, 0.3) is 0 Å². The Morgan fingerprint density at radius 2 is 2.21 bits per heavy atom. The molecule has 0 aromatic heterocycles. The van der Waals surface area contributed by atoms with Gasteiger partial charge in [0, 0.05) is 19.6 Å². The molecule has 1 saturated carbocycles. The number of rotatable bonds is 2. The van der Waals surface area contributed by atoms with Gasteiger partial charge in [0.05, 0.1) is 6.10 Å². The maximum atomic E-state index is 9.45. The first-order chi connectivity index (χ1) is 6.81. The van der Waals surface area contributed by atoms with Crippen LogP contribution in [-0.2, 0) is 0 Å². The summed E-state index contributed by atoms with van der Waals surface area (Å²) in [5.74, 6) is 2.63. The second-order valence-electron chi connectivity index (χ2n) is 5.24. The topological polar surface area (TPSA) is 23.5 Å². The van der Waals surface area contributed by atoms with Crippen LogP contribution in [0.1, 0.15) is 19.3 Å². The maximum Gasteiger partial charge on any atom is 0.0679 e. The molecule has 1 heterocycles. The fraction of sp³-hybridized carbons (Fsp3) is 0.833. The van der Waals surface area contributed by atoms with Gasteiger partial charge in [0.2, 0.25) is 0 Å². The van der Waals surface area contributed by atoms with Crippen molar-refractivity contribution in [3.63, 3.8) is 0 Å². The van der Waals surface area contributed by atoms with E-state index in [0.717, 1.165) is 37.3 Å². The van der Waals surface area contributed by atoms with E-state index in [1.54, 1.807) is 0 Å². The lowest BCUT2D eigenvalue weighted by molar-refractivity contribution is 0.166. The third kappa shape index (κ3) is 1.51. The van der Waals surface area contributed by atoms with Crippen LogP contribution in [0.15, 0.2) is 12.2 Å². The minimum Gasteiger partial charge on any atom is -0.392 e. The van der Waals surface area contributed by atoms with E-state index >= 15 is 0 Å². The Morgan fingerprint density at radius 1 is 1.29 bits per heavy atom. The molecule has 3 aliphatic rings. The largest absolute Gasteiger partial charge is 0.392 e. The number of allylic oxidation sites excluding steroid dienone is 2. The van der Waals surface area contributed by atoms with Crippen LogP contribution in [0.4, 0.5) is 0 Å². The molecule has 0 aromatic carbocycles. The molecule has 3 unspecified atom stereocenters. The van der Waals surface area contributed by atoms with Crippen molar-refractivity contribution in [3.05, 3.63) is 12.2 Å². The van der Waals surface area contributed by atoms with E-state index in [2.05, 4.69) is 17.1 Å². The SMILES string of the molecule is O[C@@H]1CCN(CC2CC3C=CC2C3)C1. The smallest absolute Gasteiger partial charge is 0.0679 e. The summed E-state index contributed by atoms with van der Waals surface area (Å²) in [7, 11) is 0. The summed E-state index contributed by atoms with van der Waals surface area (Å²) < 4.78 is 0. The van der Waals surface area contributed by atoms with Crippen LogP contribution in [0, 0.1) is 17.8 Å². The van der Waals surface area contributed by atoms with E-state index in [1.807, 2.05) is 0 Å². The average molecular weight is 193 g/mol. The fourth-order valence-corrected chi connectivity index (χ4v) is 3.41. The van der Waals surface area contributed by atoms with E-state index in [9.17, 15) is 5.11 Å². The van der Waals surface area contributed by atoms with Crippen LogP contribution in [0.2, 0.25) is 0 Å². The molecule has 2 nitrogen and oxygen atoms in total. The molecule has 2 fully saturated rings. The second-order valence-corrected chi connectivity index (χ2v) is 5.24. The van der Waals surface area contributed by atoms with E-state index in [0.29, 0.717) is 0 Å². The van der Waals surface area contributed by atoms with Crippen LogP contribution < -0.4 is 0 Å². The second kappa shape index (κ2) is 3.35. The summed E-state index contributed by atoms with van der Waals surface area (Å²) in [6.07, 6.45) is 8.56. The summed E-state index contributed by atoms with van der Waals surface area (Å²) in [5.41, 5.74) is 0. The van der Waals surface area contributed by atoms with Crippen molar-refractivity contribution in [3.8, 4) is 0 Å². The van der Waals surface area contributed by atoms with Crippen molar-refractivity contribution in [1.29, 1.82) is 0 Å². The van der Waals surface area contributed by atoms with Crippen LogP contribution >= 0.6 is 0 Å². The van der Waals surface area contributed by atoms with Gasteiger partial charge < -0.3 is 10.0 Å². The summed E-state index contributed by atoms with van der Waals surface area (Å²) in [6, 6.07) is 0. The highest BCUT2D eigenvalue weighted by atomic mass is 16.3. The van der Waals surface area contributed by atoms with Crippen molar-refractivity contribution in [2.75, 3.05) is 19.6 Å². The Morgan fingerprint density at radius 3 is 2.79 bits per heavy atom. The Hall–Kier alpha value is -0.340. The molecule has 2 heteroatoms. The van der Waals surface area contributed by atoms with Gasteiger partial charge in [0.1, 0.15) is 0 Å². The first-order valence-corrected chi connectivity index (χ1v) is 5.90. The lowest BCUT2D eigenvalue weighted by Crippen LogP contribution is -2.30. The van der Waals surface area contributed by atoms with E-state index in [4.69, 9.17) is 0 Å². The number of hydrogen-bond donors (Lipinski definition) is 1. The van der Waals surface area contributed by atoms with Crippen molar-refractivity contribution in [2.24, 2.45) is 17.8 Å². The van der Waals surface area contributed by atoms with Crippen LogP contribution in [0.3, 0.4) is 0 Å². The average Bonchev–Trinajstić information content (AvgIpc) is 2.82. The molecule has 3 rings (SSSR count). The number of β-amino-alcohol motifs (C(OH)–C–C–N with tert-alkyl or cyclic N) is 1.